The van der Waals surface area contributed by atoms with Crippen molar-refractivity contribution in [2.45, 2.75) is 20.1 Å². The third kappa shape index (κ3) is 2.88. The standard InChI is InChI=1S/C11H15N5O2/c1-3-17-11(18-4-2)10-7-16(15-14-10)9-5-12-8-13-6-9/h5-8,11H,3-4H2,1-2H3. The predicted octanol–water partition coefficient (Wildman–Crippen LogP) is 1.13. The van der Waals surface area contributed by atoms with Gasteiger partial charge in [0.2, 0.25) is 6.29 Å². The highest BCUT2D eigenvalue weighted by molar-refractivity contribution is 5.22. The minimum absolute atomic E-state index is 0.488. The van der Waals surface area contributed by atoms with E-state index in [-0.39, 0.29) is 0 Å². The van der Waals surface area contributed by atoms with Crippen LogP contribution in [0.25, 0.3) is 5.69 Å². The molecule has 7 nitrogen and oxygen atoms in total. The number of rotatable bonds is 6. The van der Waals surface area contributed by atoms with Gasteiger partial charge in [0, 0.05) is 13.2 Å². The first-order valence-corrected chi connectivity index (χ1v) is 5.76. The van der Waals surface area contributed by atoms with Crippen LogP contribution in [0.2, 0.25) is 0 Å². The highest BCUT2D eigenvalue weighted by Gasteiger charge is 2.16. The smallest absolute Gasteiger partial charge is 0.204 e. The van der Waals surface area contributed by atoms with Crippen molar-refractivity contribution < 1.29 is 9.47 Å². The maximum Gasteiger partial charge on any atom is 0.204 e. The van der Waals surface area contributed by atoms with Crippen molar-refractivity contribution in [3.05, 3.63) is 30.6 Å². The molecule has 18 heavy (non-hydrogen) atoms. The van der Waals surface area contributed by atoms with Gasteiger partial charge >= 0.3 is 0 Å². The Morgan fingerprint density at radius 1 is 1.17 bits per heavy atom. The first kappa shape index (κ1) is 12.6. The van der Waals surface area contributed by atoms with E-state index in [2.05, 4.69) is 20.3 Å². The van der Waals surface area contributed by atoms with E-state index >= 15 is 0 Å². The number of hydrogen-bond acceptors (Lipinski definition) is 6. The molecule has 0 aromatic carbocycles. The fourth-order valence-corrected chi connectivity index (χ4v) is 1.44. The van der Waals surface area contributed by atoms with Gasteiger partial charge in [-0.05, 0) is 13.8 Å². The molecule has 7 heteroatoms. The van der Waals surface area contributed by atoms with Crippen molar-refractivity contribution in [1.29, 1.82) is 0 Å². The largest absolute Gasteiger partial charge is 0.347 e. The monoisotopic (exact) mass is 249 g/mol. The van der Waals surface area contributed by atoms with Gasteiger partial charge in [-0.25, -0.2) is 14.6 Å². The van der Waals surface area contributed by atoms with Crippen LogP contribution in [0.1, 0.15) is 25.8 Å². The Balaban J connectivity index is 2.18. The van der Waals surface area contributed by atoms with E-state index in [1.165, 1.54) is 6.33 Å². The quantitative estimate of drug-likeness (QED) is 0.714. The second kappa shape index (κ2) is 6.18. The Hall–Kier alpha value is -1.86. The lowest BCUT2D eigenvalue weighted by Crippen LogP contribution is -2.09. The minimum Gasteiger partial charge on any atom is -0.347 e. The molecule has 2 heterocycles. The molecule has 0 N–H and O–H groups in total. The second-order valence-electron chi connectivity index (χ2n) is 3.43. The number of hydrogen-bond donors (Lipinski definition) is 0. The van der Waals surface area contributed by atoms with E-state index < -0.39 is 6.29 Å². The van der Waals surface area contributed by atoms with Crippen molar-refractivity contribution >= 4 is 0 Å². The summed E-state index contributed by atoms with van der Waals surface area (Å²) in [4.78, 5) is 7.85. The molecule has 96 valence electrons. The molecule has 0 aliphatic carbocycles. The molecule has 0 amide bonds. The SMILES string of the molecule is CCOC(OCC)c1cn(-c2cncnc2)nn1. The van der Waals surface area contributed by atoms with Gasteiger partial charge in [-0.1, -0.05) is 5.21 Å². The van der Waals surface area contributed by atoms with Gasteiger partial charge in [-0.3, -0.25) is 0 Å². The summed E-state index contributed by atoms with van der Waals surface area (Å²) in [6, 6.07) is 0. The van der Waals surface area contributed by atoms with Gasteiger partial charge in [-0.2, -0.15) is 0 Å². The summed E-state index contributed by atoms with van der Waals surface area (Å²) in [6.45, 7) is 4.90. The normalized spacial score (nSPS) is 11.1. The van der Waals surface area contributed by atoms with Crippen LogP contribution in [0.5, 0.6) is 0 Å². The maximum atomic E-state index is 5.45. The van der Waals surface area contributed by atoms with Crippen LogP contribution in [0.3, 0.4) is 0 Å². The molecule has 2 aromatic rings. The van der Waals surface area contributed by atoms with Crippen LogP contribution in [0.4, 0.5) is 0 Å². The number of ether oxygens (including phenoxy) is 2. The van der Waals surface area contributed by atoms with Crippen molar-refractivity contribution in [3.63, 3.8) is 0 Å². The van der Waals surface area contributed by atoms with Gasteiger partial charge in [0.1, 0.15) is 17.7 Å². The van der Waals surface area contributed by atoms with Crippen LogP contribution >= 0.6 is 0 Å². The first-order valence-electron chi connectivity index (χ1n) is 5.76. The fraction of sp³-hybridized carbons (Fsp3) is 0.455. The van der Waals surface area contributed by atoms with Crippen LogP contribution in [-0.2, 0) is 9.47 Å². The number of aromatic nitrogens is 5. The Labute approximate surface area is 105 Å². The lowest BCUT2D eigenvalue weighted by Gasteiger charge is -2.13. The predicted molar refractivity (Wildman–Crippen MR) is 62.9 cm³/mol. The van der Waals surface area contributed by atoms with Crippen molar-refractivity contribution in [2.75, 3.05) is 13.2 Å². The fourth-order valence-electron chi connectivity index (χ4n) is 1.44. The van der Waals surface area contributed by atoms with Crippen molar-refractivity contribution in [1.82, 2.24) is 25.0 Å². The Bertz CT molecular complexity index is 467. The zero-order chi connectivity index (χ0) is 12.8. The van der Waals surface area contributed by atoms with Gasteiger partial charge in [-0.15, -0.1) is 5.10 Å². The molecular formula is C11H15N5O2. The highest BCUT2D eigenvalue weighted by Crippen LogP contribution is 2.16. The summed E-state index contributed by atoms with van der Waals surface area (Å²) in [6.07, 6.45) is 6.03. The zero-order valence-electron chi connectivity index (χ0n) is 10.4. The van der Waals surface area contributed by atoms with E-state index in [1.54, 1.807) is 23.3 Å². The molecule has 2 rings (SSSR count). The molecular weight excluding hydrogens is 234 g/mol. The molecule has 2 aromatic heterocycles. The Morgan fingerprint density at radius 2 is 1.83 bits per heavy atom. The molecule has 0 spiro atoms. The Kier molecular flexibility index (Phi) is 4.32. The molecule has 0 bridgehead atoms. The zero-order valence-corrected chi connectivity index (χ0v) is 10.4. The molecule has 0 saturated heterocycles. The van der Waals surface area contributed by atoms with Crippen LogP contribution < -0.4 is 0 Å². The van der Waals surface area contributed by atoms with Crippen LogP contribution in [-0.4, -0.2) is 38.2 Å². The molecule has 0 aliphatic rings. The van der Waals surface area contributed by atoms with Crippen molar-refractivity contribution in [3.8, 4) is 5.69 Å². The summed E-state index contributed by atoms with van der Waals surface area (Å²) < 4.78 is 12.5. The maximum absolute atomic E-state index is 5.45. The molecule has 0 radical (unpaired) electrons. The summed E-state index contributed by atoms with van der Waals surface area (Å²) in [5.74, 6) is 0. The lowest BCUT2D eigenvalue weighted by molar-refractivity contribution is -0.142. The van der Waals surface area contributed by atoms with E-state index in [0.29, 0.717) is 18.9 Å². The lowest BCUT2D eigenvalue weighted by atomic mass is 10.4. The summed E-state index contributed by atoms with van der Waals surface area (Å²) >= 11 is 0. The average Bonchev–Trinajstić information content (AvgIpc) is 2.89. The highest BCUT2D eigenvalue weighted by atomic mass is 16.7. The summed E-state index contributed by atoms with van der Waals surface area (Å²) in [7, 11) is 0. The Morgan fingerprint density at radius 3 is 2.44 bits per heavy atom. The second-order valence-corrected chi connectivity index (χ2v) is 3.43. The summed E-state index contributed by atoms with van der Waals surface area (Å²) in [5, 5.41) is 8.04. The van der Waals surface area contributed by atoms with Gasteiger partial charge in [0.25, 0.3) is 0 Å². The molecule has 0 atom stereocenters. The summed E-state index contributed by atoms with van der Waals surface area (Å²) in [5.41, 5.74) is 1.37. The third-order valence-corrected chi connectivity index (χ3v) is 2.20. The van der Waals surface area contributed by atoms with Crippen molar-refractivity contribution in [2.24, 2.45) is 0 Å². The molecule has 0 unspecified atom stereocenters. The van der Waals surface area contributed by atoms with Gasteiger partial charge in [0.15, 0.2) is 0 Å². The van der Waals surface area contributed by atoms with E-state index in [0.717, 1.165) is 5.69 Å². The first-order chi connectivity index (χ1) is 8.85. The van der Waals surface area contributed by atoms with Crippen LogP contribution in [0.15, 0.2) is 24.9 Å². The van der Waals surface area contributed by atoms with Gasteiger partial charge < -0.3 is 9.47 Å². The third-order valence-electron chi connectivity index (χ3n) is 2.20. The van der Waals surface area contributed by atoms with E-state index in [4.69, 9.17) is 9.47 Å². The number of nitrogens with zero attached hydrogens (tertiary/aromatic N) is 5. The average molecular weight is 249 g/mol. The minimum atomic E-state index is -0.488. The molecule has 0 aliphatic heterocycles. The van der Waals surface area contributed by atoms with Crippen LogP contribution in [0, 0.1) is 0 Å². The topological polar surface area (TPSA) is 75.0 Å². The molecule has 0 fully saturated rings. The van der Waals surface area contributed by atoms with E-state index in [9.17, 15) is 0 Å². The molecule has 0 saturated carbocycles. The van der Waals surface area contributed by atoms with E-state index in [1.807, 2.05) is 13.8 Å². The van der Waals surface area contributed by atoms with Gasteiger partial charge in [0.05, 0.1) is 18.6 Å².